The summed E-state index contributed by atoms with van der Waals surface area (Å²) >= 11 is 0. The van der Waals surface area contributed by atoms with Crippen molar-refractivity contribution < 1.29 is 27.9 Å². The molecule has 1 unspecified atom stereocenters. The van der Waals surface area contributed by atoms with Crippen LogP contribution < -0.4 is 0 Å². The normalized spacial score (nSPS) is 23.9. The number of hydrogen-bond acceptors (Lipinski definition) is 6. The summed E-state index contributed by atoms with van der Waals surface area (Å²) < 4.78 is 34.1. The molecular formula is C18H25O6P. The molecule has 138 valence electrons. The maximum atomic E-state index is 12.4. The lowest BCUT2D eigenvalue weighted by atomic mass is 10.1. The lowest BCUT2D eigenvalue weighted by molar-refractivity contribution is 0.00143. The Morgan fingerprint density at radius 1 is 1.24 bits per heavy atom. The molecule has 7 heteroatoms. The minimum atomic E-state index is -3.25. The van der Waals surface area contributed by atoms with Gasteiger partial charge in [-0.1, -0.05) is 18.2 Å². The smallest absolute Gasteiger partial charge is 0.353 e. The van der Waals surface area contributed by atoms with Crippen molar-refractivity contribution in [2.45, 2.75) is 45.5 Å². The van der Waals surface area contributed by atoms with E-state index in [0.29, 0.717) is 25.2 Å². The Balaban J connectivity index is 1.95. The van der Waals surface area contributed by atoms with Gasteiger partial charge in [-0.05, 0) is 39.0 Å². The molecule has 6 nitrogen and oxygen atoms in total. The number of benzene rings is 1. The molecular weight excluding hydrogens is 343 g/mol. The fourth-order valence-corrected chi connectivity index (χ4v) is 3.94. The minimum Gasteiger partial charge on any atom is -0.456 e. The Morgan fingerprint density at radius 2 is 1.88 bits per heavy atom. The second kappa shape index (κ2) is 9.30. The maximum Gasteiger partial charge on any atom is 0.353 e. The Hall–Kier alpha value is -1.46. The van der Waals surface area contributed by atoms with Gasteiger partial charge in [-0.3, -0.25) is 4.57 Å². The highest BCUT2D eigenvalue weighted by Crippen LogP contribution is 2.50. The lowest BCUT2D eigenvalue weighted by Gasteiger charge is -2.14. The second-order valence-corrected chi connectivity index (χ2v) is 7.54. The number of esters is 1. The van der Waals surface area contributed by atoms with Crippen LogP contribution in [0.1, 0.15) is 37.6 Å². The van der Waals surface area contributed by atoms with Crippen molar-refractivity contribution in [2.24, 2.45) is 0 Å². The van der Waals surface area contributed by atoms with E-state index in [1.165, 1.54) is 5.82 Å². The van der Waals surface area contributed by atoms with Crippen molar-refractivity contribution >= 4 is 13.6 Å². The predicted molar refractivity (Wildman–Crippen MR) is 94.6 cm³/mol. The molecule has 0 bridgehead atoms. The minimum absolute atomic E-state index is 0.249. The standard InChI is InChI=1S/C18H25O6P/c1-4-21-25(20,22-5-2)12-11-16-13-17(14(3)23-16)24-18(19)15-9-7-6-8-10-15/h6-12,14,16-17H,4-5,13H2,1-3H3/b12-11+/t14?,16-,17-/m1/s1. The molecule has 1 fully saturated rings. The molecule has 1 heterocycles. The molecule has 0 amide bonds. The first kappa shape index (κ1) is 19.9. The summed E-state index contributed by atoms with van der Waals surface area (Å²) in [6.45, 7) is 5.95. The molecule has 0 aliphatic carbocycles. The maximum absolute atomic E-state index is 12.4. The van der Waals surface area contributed by atoms with Crippen LogP contribution in [0, 0.1) is 0 Å². The topological polar surface area (TPSA) is 71.1 Å². The quantitative estimate of drug-likeness (QED) is 0.507. The summed E-state index contributed by atoms with van der Waals surface area (Å²) in [5, 5.41) is 0. The molecule has 0 saturated carbocycles. The van der Waals surface area contributed by atoms with Gasteiger partial charge in [-0.2, -0.15) is 0 Å². The lowest BCUT2D eigenvalue weighted by Crippen LogP contribution is -2.24. The number of rotatable bonds is 8. The van der Waals surface area contributed by atoms with Gasteiger partial charge in [0, 0.05) is 12.2 Å². The van der Waals surface area contributed by atoms with Crippen molar-refractivity contribution in [3.8, 4) is 0 Å². The van der Waals surface area contributed by atoms with E-state index in [9.17, 15) is 9.36 Å². The molecule has 2 rings (SSSR count). The van der Waals surface area contributed by atoms with Crippen LogP contribution in [0.5, 0.6) is 0 Å². The zero-order valence-electron chi connectivity index (χ0n) is 14.8. The van der Waals surface area contributed by atoms with Gasteiger partial charge < -0.3 is 18.5 Å². The summed E-state index contributed by atoms with van der Waals surface area (Å²) in [6, 6.07) is 8.83. The van der Waals surface area contributed by atoms with E-state index in [1.54, 1.807) is 44.2 Å². The van der Waals surface area contributed by atoms with Crippen LogP contribution in [0.4, 0.5) is 0 Å². The first-order chi connectivity index (χ1) is 12.0. The highest BCUT2D eigenvalue weighted by Gasteiger charge is 2.34. The Kier molecular flexibility index (Phi) is 7.38. The molecule has 1 aliphatic heterocycles. The molecule has 1 aromatic rings. The van der Waals surface area contributed by atoms with Crippen LogP contribution in [0.25, 0.3) is 0 Å². The van der Waals surface area contributed by atoms with Gasteiger partial charge in [-0.15, -0.1) is 0 Å². The number of ether oxygens (including phenoxy) is 2. The van der Waals surface area contributed by atoms with Gasteiger partial charge in [0.1, 0.15) is 6.10 Å². The number of carbonyl (C=O) groups excluding carboxylic acids is 1. The Morgan fingerprint density at radius 3 is 2.48 bits per heavy atom. The van der Waals surface area contributed by atoms with Crippen molar-refractivity contribution in [3.63, 3.8) is 0 Å². The monoisotopic (exact) mass is 368 g/mol. The molecule has 3 atom stereocenters. The van der Waals surface area contributed by atoms with E-state index in [0.717, 1.165) is 0 Å². The highest BCUT2D eigenvalue weighted by molar-refractivity contribution is 7.57. The van der Waals surface area contributed by atoms with E-state index in [4.69, 9.17) is 18.5 Å². The SMILES string of the molecule is CCOP(=O)(/C=C/[C@@H]1C[C@@H](OC(=O)c2ccccc2)C(C)O1)OCC. The van der Waals surface area contributed by atoms with Gasteiger partial charge in [0.15, 0.2) is 0 Å². The van der Waals surface area contributed by atoms with E-state index in [1.807, 2.05) is 13.0 Å². The molecule has 0 radical (unpaired) electrons. The summed E-state index contributed by atoms with van der Waals surface area (Å²) in [7, 11) is -3.25. The number of hydrogen-bond donors (Lipinski definition) is 0. The van der Waals surface area contributed by atoms with Crippen LogP contribution in [0.15, 0.2) is 42.2 Å². The Bertz CT molecular complexity index is 620. The average molecular weight is 368 g/mol. The summed E-state index contributed by atoms with van der Waals surface area (Å²) in [4.78, 5) is 12.2. The molecule has 0 N–H and O–H groups in total. The summed E-state index contributed by atoms with van der Waals surface area (Å²) in [5.74, 6) is 1.05. The molecule has 0 spiro atoms. The highest BCUT2D eigenvalue weighted by atomic mass is 31.2. The van der Waals surface area contributed by atoms with E-state index < -0.39 is 7.60 Å². The largest absolute Gasteiger partial charge is 0.456 e. The first-order valence-corrected chi connectivity index (χ1v) is 10.1. The van der Waals surface area contributed by atoms with Crippen LogP contribution in [0.2, 0.25) is 0 Å². The van der Waals surface area contributed by atoms with Gasteiger partial charge in [-0.25, -0.2) is 4.79 Å². The summed E-state index contributed by atoms with van der Waals surface area (Å²) in [6.07, 6.45) is 1.24. The van der Waals surface area contributed by atoms with E-state index in [-0.39, 0.29) is 24.3 Å². The second-order valence-electron chi connectivity index (χ2n) is 5.64. The molecule has 0 aromatic heterocycles. The predicted octanol–water partition coefficient (Wildman–Crippen LogP) is 4.17. The van der Waals surface area contributed by atoms with Crippen LogP contribution in [-0.4, -0.2) is 37.5 Å². The van der Waals surface area contributed by atoms with Crippen molar-refractivity contribution in [1.82, 2.24) is 0 Å². The molecule has 25 heavy (non-hydrogen) atoms. The fourth-order valence-electron chi connectivity index (χ4n) is 2.57. The molecule has 1 aliphatic rings. The third-order valence-corrected chi connectivity index (χ3v) is 5.52. The van der Waals surface area contributed by atoms with Crippen LogP contribution in [-0.2, 0) is 23.1 Å². The number of carbonyl (C=O) groups is 1. The van der Waals surface area contributed by atoms with Gasteiger partial charge in [0.2, 0.25) is 0 Å². The van der Waals surface area contributed by atoms with Crippen LogP contribution in [0.3, 0.4) is 0 Å². The Labute approximate surface area is 148 Å². The average Bonchev–Trinajstić information content (AvgIpc) is 2.94. The van der Waals surface area contributed by atoms with E-state index >= 15 is 0 Å². The molecule has 1 aromatic carbocycles. The first-order valence-electron chi connectivity index (χ1n) is 8.47. The third-order valence-electron chi connectivity index (χ3n) is 3.75. The van der Waals surface area contributed by atoms with Gasteiger partial charge in [0.05, 0.1) is 31.0 Å². The zero-order valence-corrected chi connectivity index (χ0v) is 15.7. The fraction of sp³-hybridized carbons (Fsp3) is 0.500. The van der Waals surface area contributed by atoms with Crippen molar-refractivity contribution in [2.75, 3.05) is 13.2 Å². The summed E-state index contributed by atoms with van der Waals surface area (Å²) in [5.41, 5.74) is 0.505. The van der Waals surface area contributed by atoms with Crippen LogP contribution >= 0.6 is 7.60 Å². The van der Waals surface area contributed by atoms with Crippen molar-refractivity contribution in [1.29, 1.82) is 0 Å². The molecule has 1 saturated heterocycles. The van der Waals surface area contributed by atoms with Crippen molar-refractivity contribution in [3.05, 3.63) is 47.8 Å². The zero-order chi connectivity index (χ0) is 18.3. The van der Waals surface area contributed by atoms with E-state index in [2.05, 4.69) is 0 Å². The van der Waals surface area contributed by atoms with Gasteiger partial charge >= 0.3 is 13.6 Å². The van der Waals surface area contributed by atoms with Gasteiger partial charge in [0.25, 0.3) is 0 Å². The third kappa shape index (κ3) is 5.79.